The van der Waals surface area contributed by atoms with Gasteiger partial charge in [-0.3, -0.25) is 4.98 Å². The third-order valence-electron chi connectivity index (χ3n) is 2.99. The predicted molar refractivity (Wildman–Crippen MR) is 77.1 cm³/mol. The van der Waals surface area contributed by atoms with Crippen LogP contribution >= 0.6 is 15.9 Å². The van der Waals surface area contributed by atoms with Crippen LogP contribution in [-0.4, -0.2) is 9.97 Å². The molecule has 0 bridgehead atoms. The number of H-pyrrole nitrogens is 1. The van der Waals surface area contributed by atoms with Gasteiger partial charge in [0.2, 0.25) is 0 Å². The third-order valence-corrected chi connectivity index (χ3v) is 3.65. The van der Waals surface area contributed by atoms with E-state index in [0.29, 0.717) is 6.54 Å². The van der Waals surface area contributed by atoms with Gasteiger partial charge in [-0.15, -0.1) is 0 Å². The van der Waals surface area contributed by atoms with E-state index in [1.54, 1.807) is 6.20 Å². The number of aromatic amines is 1. The maximum atomic E-state index is 5.67. The molecule has 3 N–H and O–H groups in total. The van der Waals surface area contributed by atoms with Gasteiger partial charge in [0.25, 0.3) is 0 Å². The van der Waals surface area contributed by atoms with Crippen LogP contribution in [0.5, 0.6) is 0 Å². The van der Waals surface area contributed by atoms with Gasteiger partial charge in [-0.2, -0.15) is 0 Å². The highest BCUT2D eigenvalue weighted by Crippen LogP contribution is 2.33. The molecule has 2 heterocycles. The zero-order chi connectivity index (χ0) is 12.5. The molecule has 0 saturated heterocycles. The number of hydrogen-bond acceptors (Lipinski definition) is 2. The molecule has 0 aliphatic carbocycles. The highest BCUT2D eigenvalue weighted by molar-refractivity contribution is 9.10. The van der Waals surface area contributed by atoms with Gasteiger partial charge in [-0.05, 0) is 29.8 Å². The fourth-order valence-corrected chi connectivity index (χ4v) is 2.67. The minimum absolute atomic E-state index is 0.527. The lowest BCUT2D eigenvalue weighted by Gasteiger charge is -2.03. The summed E-state index contributed by atoms with van der Waals surface area (Å²) in [7, 11) is 0. The molecule has 0 amide bonds. The summed E-state index contributed by atoms with van der Waals surface area (Å²) < 4.78 is 1.07. The van der Waals surface area contributed by atoms with Crippen molar-refractivity contribution in [1.82, 2.24) is 9.97 Å². The van der Waals surface area contributed by atoms with Gasteiger partial charge in [0, 0.05) is 39.9 Å². The predicted octanol–water partition coefficient (Wildman–Crippen LogP) is 3.45. The number of hydrogen-bond donors (Lipinski definition) is 2. The van der Waals surface area contributed by atoms with E-state index in [-0.39, 0.29) is 0 Å². The number of rotatable bonds is 2. The van der Waals surface area contributed by atoms with E-state index in [1.807, 2.05) is 30.5 Å². The van der Waals surface area contributed by atoms with E-state index in [9.17, 15) is 0 Å². The number of nitrogens with one attached hydrogen (secondary N) is 1. The van der Waals surface area contributed by atoms with Crippen molar-refractivity contribution in [3.8, 4) is 11.3 Å². The Bertz CT molecular complexity index is 703. The number of aromatic nitrogens is 2. The first-order chi connectivity index (χ1) is 8.79. The normalized spacial score (nSPS) is 11.0. The fraction of sp³-hybridized carbons (Fsp3) is 0.0714. The van der Waals surface area contributed by atoms with Crippen LogP contribution in [0.4, 0.5) is 0 Å². The van der Waals surface area contributed by atoms with Gasteiger partial charge in [-0.25, -0.2) is 0 Å². The molecule has 0 aliphatic heterocycles. The number of pyridine rings is 1. The highest BCUT2D eigenvalue weighted by Gasteiger charge is 2.10. The Hall–Kier alpha value is -1.65. The van der Waals surface area contributed by atoms with Crippen molar-refractivity contribution in [2.75, 3.05) is 0 Å². The minimum Gasteiger partial charge on any atom is -0.360 e. The number of nitrogens with zero attached hydrogens (tertiary/aromatic N) is 1. The molecule has 0 spiro atoms. The first-order valence-electron chi connectivity index (χ1n) is 5.70. The lowest BCUT2D eigenvalue weighted by Crippen LogP contribution is -1.96. The zero-order valence-electron chi connectivity index (χ0n) is 9.65. The van der Waals surface area contributed by atoms with E-state index in [0.717, 1.165) is 32.2 Å². The van der Waals surface area contributed by atoms with Crippen molar-refractivity contribution < 1.29 is 0 Å². The first kappa shape index (κ1) is 11.4. The molecule has 0 unspecified atom stereocenters. The van der Waals surface area contributed by atoms with E-state index < -0.39 is 0 Å². The Morgan fingerprint density at radius 2 is 2.17 bits per heavy atom. The summed E-state index contributed by atoms with van der Waals surface area (Å²) in [6, 6.07) is 10.1. The minimum atomic E-state index is 0.527. The molecule has 3 nitrogen and oxygen atoms in total. The average molecular weight is 302 g/mol. The van der Waals surface area contributed by atoms with Gasteiger partial charge in [0.1, 0.15) is 0 Å². The van der Waals surface area contributed by atoms with Crippen LogP contribution in [-0.2, 0) is 6.54 Å². The van der Waals surface area contributed by atoms with Crippen LogP contribution in [0.2, 0.25) is 0 Å². The van der Waals surface area contributed by atoms with Gasteiger partial charge >= 0.3 is 0 Å². The van der Waals surface area contributed by atoms with Crippen LogP contribution in [0.25, 0.3) is 22.2 Å². The second-order valence-electron chi connectivity index (χ2n) is 4.12. The van der Waals surface area contributed by atoms with E-state index in [1.165, 1.54) is 0 Å². The molecule has 3 rings (SSSR count). The summed E-state index contributed by atoms with van der Waals surface area (Å²) in [6.45, 7) is 0.527. The number of fused-ring (bicyclic) bond motifs is 1. The lowest BCUT2D eigenvalue weighted by molar-refractivity contribution is 1.06. The molecule has 3 aromatic rings. The highest BCUT2D eigenvalue weighted by atomic mass is 79.9. The lowest BCUT2D eigenvalue weighted by atomic mass is 10.1. The molecule has 0 atom stereocenters. The fourth-order valence-electron chi connectivity index (χ4n) is 2.09. The SMILES string of the molecule is NCc1ccnc(-c2c[nH]c3cccc(Br)c23)c1. The van der Waals surface area contributed by atoms with Crippen molar-refractivity contribution in [2.45, 2.75) is 6.54 Å². The number of halogens is 1. The summed E-state index contributed by atoms with van der Waals surface area (Å²) in [6.07, 6.45) is 3.78. The van der Waals surface area contributed by atoms with Gasteiger partial charge in [0.05, 0.1) is 5.69 Å². The second-order valence-corrected chi connectivity index (χ2v) is 4.97. The Morgan fingerprint density at radius 1 is 1.28 bits per heavy atom. The molecular formula is C14H12BrN3. The number of nitrogens with two attached hydrogens (primary N) is 1. The zero-order valence-corrected chi connectivity index (χ0v) is 11.2. The Kier molecular flexibility index (Phi) is 2.89. The van der Waals surface area contributed by atoms with Gasteiger partial charge < -0.3 is 10.7 Å². The summed E-state index contributed by atoms with van der Waals surface area (Å²) in [5.41, 5.74) is 9.88. The van der Waals surface area contributed by atoms with Crippen LogP contribution in [0, 0.1) is 0 Å². The summed E-state index contributed by atoms with van der Waals surface area (Å²) in [4.78, 5) is 7.69. The Labute approximate surface area is 113 Å². The summed E-state index contributed by atoms with van der Waals surface area (Å²) in [5.74, 6) is 0. The molecule has 90 valence electrons. The number of benzene rings is 1. The maximum Gasteiger partial charge on any atom is 0.0727 e. The second kappa shape index (κ2) is 4.55. The van der Waals surface area contributed by atoms with Crippen LogP contribution < -0.4 is 5.73 Å². The van der Waals surface area contributed by atoms with Crippen molar-refractivity contribution >= 4 is 26.8 Å². The Morgan fingerprint density at radius 3 is 3.00 bits per heavy atom. The van der Waals surface area contributed by atoms with Crippen molar-refractivity contribution in [2.24, 2.45) is 5.73 Å². The van der Waals surface area contributed by atoms with Crippen molar-refractivity contribution in [3.63, 3.8) is 0 Å². The molecule has 0 aliphatic rings. The van der Waals surface area contributed by atoms with Crippen LogP contribution in [0.3, 0.4) is 0 Å². The summed E-state index contributed by atoms with van der Waals surface area (Å²) >= 11 is 3.59. The van der Waals surface area contributed by atoms with E-state index in [4.69, 9.17) is 5.73 Å². The third kappa shape index (κ3) is 1.83. The molecule has 1 aromatic carbocycles. The smallest absolute Gasteiger partial charge is 0.0727 e. The van der Waals surface area contributed by atoms with E-state index >= 15 is 0 Å². The Balaban J connectivity index is 2.25. The first-order valence-corrected chi connectivity index (χ1v) is 6.50. The monoisotopic (exact) mass is 301 g/mol. The molecule has 2 aromatic heterocycles. The molecule has 4 heteroatoms. The van der Waals surface area contributed by atoms with Gasteiger partial charge in [-0.1, -0.05) is 22.0 Å². The van der Waals surface area contributed by atoms with E-state index in [2.05, 4.69) is 32.0 Å². The molecule has 0 radical (unpaired) electrons. The maximum absolute atomic E-state index is 5.67. The topological polar surface area (TPSA) is 54.7 Å². The van der Waals surface area contributed by atoms with Gasteiger partial charge in [0.15, 0.2) is 0 Å². The van der Waals surface area contributed by atoms with Crippen LogP contribution in [0.1, 0.15) is 5.56 Å². The quantitative estimate of drug-likeness (QED) is 0.762. The largest absolute Gasteiger partial charge is 0.360 e. The standard InChI is InChI=1S/C14H12BrN3/c15-11-2-1-3-12-14(11)10(8-18-12)13-6-9(7-16)4-5-17-13/h1-6,8,18H,7,16H2. The van der Waals surface area contributed by atoms with Crippen molar-refractivity contribution in [3.05, 3.63) is 52.8 Å². The summed E-state index contributed by atoms with van der Waals surface area (Å²) in [5, 5.41) is 1.15. The molecule has 0 saturated carbocycles. The molecule has 0 fully saturated rings. The molecule has 18 heavy (non-hydrogen) atoms. The average Bonchev–Trinajstić information content (AvgIpc) is 2.84. The van der Waals surface area contributed by atoms with Crippen molar-refractivity contribution in [1.29, 1.82) is 0 Å². The van der Waals surface area contributed by atoms with Crippen LogP contribution in [0.15, 0.2) is 47.2 Å². The molecular weight excluding hydrogens is 290 g/mol.